The van der Waals surface area contributed by atoms with E-state index in [1.165, 1.54) is 14.2 Å². The lowest BCUT2D eigenvalue weighted by molar-refractivity contribution is 0.102. The first kappa shape index (κ1) is 21.5. The molecule has 158 valence electrons. The van der Waals surface area contributed by atoms with Crippen molar-refractivity contribution in [2.75, 3.05) is 24.3 Å². The third-order valence-corrected chi connectivity index (χ3v) is 6.55. The number of amides is 1. The Labute approximate surface area is 176 Å². The molecule has 1 heterocycles. The third kappa shape index (κ3) is 4.69. The van der Waals surface area contributed by atoms with Gasteiger partial charge in [-0.25, -0.2) is 17.8 Å². The predicted octanol–water partition coefficient (Wildman–Crippen LogP) is 3.66. The van der Waals surface area contributed by atoms with Crippen LogP contribution < -0.4 is 19.5 Å². The molecule has 2 N–H and O–H groups in total. The number of aryl methyl sites for hydroxylation is 1. The molecule has 8 nitrogen and oxygen atoms in total. The first-order valence-electron chi connectivity index (χ1n) is 8.52. The number of nitrogens with zero attached hydrogens (tertiary/aromatic N) is 1. The molecule has 0 aliphatic heterocycles. The summed E-state index contributed by atoms with van der Waals surface area (Å²) in [7, 11) is -0.978. The zero-order valence-electron chi connectivity index (χ0n) is 16.2. The first-order chi connectivity index (χ1) is 14.2. The topological polar surface area (TPSA) is 107 Å². The fourth-order valence-electron chi connectivity index (χ4n) is 2.54. The predicted molar refractivity (Wildman–Crippen MR) is 112 cm³/mol. The van der Waals surface area contributed by atoms with Crippen LogP contribution in [0.2, 0.25) is 0 Å². The number of carbonyl (C=O) groups excluding carboxylic acids is 1. The summed E-state index contributed by atoms with van der Waals surface area (Å²) < 4.78 is 50.6. The molecule has 0 unspecified atom stereocenters. The Balaban J connectivity index is 1.78. The quantitative estimate of drug-likeness (QED) is 0.568. The van der Waals surface area contributed by atoms with Gasteiger partial charge in [0.05, 0.1) is 24.8 Å². The maximum Gasteiger partial charge on any atom is 0.267 e. The first-order valence-corrected chi connectivity index (χ1v) is 10.8. The van der Waals surface area contributed by atoms with E-state index in [0.29, 0.717) is 22.9 Å². The number of halogens is 1. The third-order valence-electron chi connectivity index (χ3n) is 3.99. The maximum absolute atomic E-state index is 13.0. The molecule has 0 atom stereocenters. The highest BCUT2D eigenvalue weighted by molar-refractivity contribution is 7.93. The lowest BCUT2D eigenvalue weighted by atomic mass is 10.2. The number of carbonyl (C=O) groups is 1. The summed E-state index contributed by atoms with van der Waals surface area (Å²) >= 11 is 0.886. The molecule has 0 saturated carbocycles. The van der Waals surface area contributed by atoms with Crippen molar-refractivity contribution < 1.29 is 27.1 Å². The zero-order valence-corrected chi connectivity index (χ0v) is 17.9. The molecule has 1 aromatic heterocycles. The number of anilines is 2. The van der Waals surface area contributed by atoms with Crippen molar-refractivity contribution in [1.82, 2.24) is 4.98 Å². The van der Waals surface area contributed by atoms with Crippen LogP contribution in [0.15, 0.2) is 47.4 Å². The molecule has 3 aromatic rings. The molecule has 0 aliphatic carbocycles. The van der Waals surface area contributed by atoms with Crippen LogP contribution in [0.25, 0.3) is 0 Å². The van der Waals surface area contributed by atoms with Gasteiger partial charge in [0.15, 0.2) is 16.6 Å². The standard InChI is InChI=1S/C19H18FN3O5S2/c1-11-17(18(24)22-13-6-9-15(27-2)16(10-13)28-3)29-19(21-11)23-30(25,26)14-7-4-12(20)5-8-14/h4-10H,1-3H3,(H,21,23)(H,22,24). The maximum atomic E-state index is 13.0. The lowest BCUT2D eigenvalue weighted by Gasteiger charge is -2.10. The van der Waals surface area contributed by atoms with Crippen molar-refractivity contribution in [1.29, 1.82) is 0 Å². The summed E-state index contributed by atoms with van der Waals surface area (Å²) in [4.78, 5) is 16.9. The number of aromatic nitrogens is 1. The monoisotopic (exact) mass is 451 g/mol. The molecule has 0 aliphatic rings. The molecule has 1 amide bonds. The molecule has 0 fully saturated rings. The van der Waals surface area contributed by atoms with Crippen molar-refractivity contribution in [3.8, 4) is 11.5 Å². The van der Waals surface area contributed by atoms with E-state index in [9.17, 15) is 17.6 Å². The second kappa shape index (κ2) is 8.67. The van der Waals surface area contributed by atoms with Gasteiger partial charge in [-0.1, -0.05) is 11.3 Å². The normalized spacial score (nSPS) is 11.1. The van der Waals surface area contributed by atoms with Crippen molar-refractivity contribution in [2.24, 2.45) is 0 Å². The highest BCUT2D eigenvalue weighted by atomic mass is 32.2. The zero-order chi connectivity index (χ0) is 21.9. The molecular weight excluding hydrogens is 433 g/mol. The Morgan fingerprint density at radius 2 is 1.73 bits per heavy atom. The van der Waals surface area contributed by atoms with E-state index in [4.69, 9.17) is 9.47 Å². The van der Waals surface area contributed by atoms with E-state index in [-0.39, 0.29) is 14.9 Å². The van der Waals surface area contributed by atoms with Crippen molar-refractivity contribution in [3.05, 3.63) is 58.9 Å². The van der Waals surface area contributed by atoms with Gasteiger partial charge in [-0.2, -0.15) is 0 Å². The van der Waals surface area contributed by atoms with Gasteiger partial charge in [0, 0.05) is 11.8 Å². The number of nitrogens with one attached hydrogen (secondary N) is 2. The number of sulfonamides is 1. The highest BCUT2D eigenvalue weighted by Crippen LogP contribution is 2.31. The van der Waals surface area contributed by atoms with Gasteiger partial charge in [0.1, 0.15) is 10.7 Å². The molecule has 11 heteroatoms. The van der Waals surface area contributed by atoms with Gasteiger partial charge >= 0.3 is 0 Å². The fourth-order valence-corrected chi connectivity index (χ4v) is 4.64. The van der Waals surface area contributed by atoms with Gasteiger partial charge in [-0.3, -0.25) is 9.52 Å². The number of methoxy groups -OCH3 is 2. The number of ether oxygens (including phenoxy) is 2. The van der Waals surface area contributed by atoms with Crippen LogP contribution in [0, 0.1) is 12.7 Å². The molecule has 0 spiro atoms. The summed E-state index contributed by atoms with van der Waals surface area (Å²) in [5, 5.41) is 2.74. The van der Waals surface area contributed by atoms with Crippen LogP contribution in [0.3, 0.4) is 0 Å². The molecular formula is C19H18FN3O5S2. The van der Waals surface area contributed by atoms with Crippen LogP contribution in [0.5, 0.6) is 11.5 Å². The number of hydrogen-bond acceptors (Lipinski definition) is 7. The second-order valence-corrected chi connectivity index (χ2v) is 8.70. The minimum atomic E-state index is -3.97. The van der Waals surface area contributed by atoms with E-state index in [1.54, 1.807) is 25.1 Å². The summed E-state index contributed by atoms with van der Waals surface area (Å²) in [5.41, 5.74) is 0.827. The van der Waals surface area contributed by atoms with Crippen LogP contribution >= 0.6 is 11.3 Å². The number of thiazole rings is 1. The molecule has 0 radical (unpaired) electrons. The Morgan fingerprint density at radius 3 is 2.37 bits per heavy atom. The summed E-state index contributed by atoms with van der Waals surface area (Å²) in [6.45, 7) is 1.59. The summed E-state index contributed by atoms with van der Waals surface area (Å²) in [5.74, 6) is -0.0383. The van der Waals surface area contributed by atoms with E-state index in [0.717, 1.165) is 35.6 Å². The summed E-state index contributed by atoms with van der Waals surface area (Å²) in [6, 6.07) is 9.27. The van der Waals surface area contributed by atoms with Crippen molar-refractivity contribution in [3.63, 3.8) is 0 Å². The van der Waals surface area contributed by atoms with Gasteiger partial charge in [0.2, 0.25) is 0 Å². The van der Waals surface area contributed by atoms with Gasteiger partial charge in [0.25, 0.3) is 15.9 Å². The minimum absolute atomic E-state index is 0.0225. The van der Waals surface area contributed by atoms with Crippen LogP contribution in [-0.2, 0) is 10.0 Å². The fraction of sp³-hybridized carbons (Fsp3) is 0.158. The van der Waals surface area contributed by atoms with E-state index in [2.05, 4.69) is 15.0 Å². The van der Waals surface area contributed by atoms with Gasteiger partial charge < -0.3 is 14.8 Å². The second-order valence-electron chi connectivity index (χ2n) is 6.02. The average Bonchev–Trinajstić information content (AvgIpc) is 3.07. The van der Waals surface area contributed by atoms with E-state index in [1.807, 2.05) is 0 Å². The van der Waals surface area contributed by atoms with Crippen molar-refractivity contribution in [2.45, 2.75) is 11.8 Å². The lowest BCUT2D eigenvalue weighted by Crippen LogP contribution is -2.12. The Kier molecular flexibility index (Phi) is 6.22. The van der Waals surface area contributed by atoms with Crippen LogP contribution in [0.1, 0.15) is 15.4 Å². The van der Waals surface area contributed by atoms with Crippen LogP contribution in [0.4, 0.5) is 15.2 Å². The summed E-state index contributed by atoms with van der Waals surface area (Å²) in [6.07, 6.45) is 0. The van der Waals surface area contributed by atoms with E-state index >= 15 is 0 Å². The smallest absolute Gasteiger partial charge is 0.267 e. The number of benzene rings is 2. The number of hydrogen-bond donors (Lipinski definition) is 2. The average molecular weight is 452 g/mol. The Bertz CT molecular complexity index is 1180. The molecule has 2 aromatic carbocycles. The van der Waals surface area contributed by atoms with Crippen molar-refractivity contribution >= 4 is 38.1 Å². The number of rotatable bonds is 7. The molecule has 0 bridgehead atoms. The largest absolute Gasteiger partial charge is 0.493 e. The van der Waals surface area contributed by atoms with Crippen LogP contribution in [-0.4, -0.2) is 33.5 Å². The molecule has 30 heavy (non-hydrogen) atoms. The molecule has 3 rings (SSSR count). The SMILES string of the molecule is COc1ccc(NC(=O)c2sc(NS(=O)(=O)c3ccc(F)cc3)nc2C)cc1OC. The Hall–Kier alpha value is -3.18. The minimum Gasteiger partial charge on any atom is -0.493 e. The highest BCUT2D eigenvalue weighted by Gasteiger charge is 2.21. The Morgan fingerprint density at radius 1 is 1.07 bits per heavy atom. The van der Waals surface area contributed by atoms with Gasteiger partial charge in [-0.15, -0.1) is 0 Å². The van der Waals surface area contributed by atoms with Gasteiger partial charge in [-0.05, 0) is 43.3 Å². The molecule has 0 saturated heterocycles. The van der Waals surface area contributed by atoms with E-state index < -0.39 is 21.7 Å².